The van der Waals surface area contributed by atoms with E-state index < -0.39 is 0 Å². The zero-order valence-corrected chi connectivity index (χ0v) is 13.1. The van der Waals surface area contributed by atoms with Crippen LogP contribution in [0, 0.1) is 5.92 Å². The van der Waals surface area contributed by atoms with Crippen molar-refractivity contribution in [3.05, 3.63) is 23.9 Å². The van der Waals surface area contributed by atoms with E-state index in [9.17, 15) is 4.79 Å². The Morgan fingerprint density at radius 3 is 2.60 bits per heavy atom. The molecule has 1 amide bonds. The van der Waals surface area contributed by atoms with Gasteiger partial charge in [0.25, 0.3) is 5.91 Å². The summed E-state index contributed by atoms with van der Waals surface area (Å²) in [5.74, 6) is 1.14. The smallest absolute Gasteiger partial charge is 0.255 e. The molecule has 20 heavy (non-hydrogen) atoms. The third kappa shape index (κ3) is 4.51. The van der Waals surface area contributed by atoms with E-state index in [4.69, 9.17) is 0 Å². The van der Waals surface area contributed by atoms with E-state index in [1.54, 1.807) is 12.3 Å². The van der Waals surface area contributed by atoms with Crippen LogP contribution < -0.4 is 10.6 Å². The molecular formula is C16H27N3O. The quantitative estimate of drug-likeness (QED) is 0.765. The molecule has 112 valence electrons. The molecule has 4 heteroatoms. The minimum Gasteiger partial charge on any atom is -0.369 e. The molecule has 1 unspecified atom stereocenters. The van der Waals surface area contributed by atoms with Crippen molar-refractivity contribution >= 4 is 11.7 Å². The van der Waals surface area contributed by atoms with Crippen molar-refractivity contribution in [2.45, 2.75) is 53.0 Å². The third-order valence-corrected chi connectivity index (χ3v) is 3.71. The number of rotatable bonds is 8. The van der Waals surface area contributed by atoms with E-state index in [0.717, 1.165) is 25.8 Å². The number of amides is 1. The highest BCUT2D eigenvalue weighted by molar-refractivity contribution is 5.98. The second-order valence-corrected chi connectivity index (χ2v) is 5.17. The number of hydrogen-bond donors (Lipinski definition) is 2. The summed E-state index contributed by atoms with van der Waals surface area (Å²) in [7, 11) is 0. The molecule has 0 aliphatic heterocycles. The van der Waals surface area contributed by atoms with Gasteiger partial charge in [0.05, 0.1) is 5.56 Å². The summed E-state index contributed by atoms with van der Waals surface area (Å²) in [6.45, 7) is 9.31. The Labute approximate surface area is 122 Å². The molecule has 1 aromatic rings. The fourth-order valence-corrected chi connectivity index (χ4v) is 2.37. The Balaban J connectivity index is 2.76. The summed E-state index contributed by atoms with van der Waals surface area (Å²) >= 11 is 0. The molecule has 0 fully saturated rings. The molecule has 4 nitrogen and oxygen atoms in total. The van der Waals surface area contributed by atoms with Gasteiger partial charge in [0.15, 0.2) is 0 Å². The minimum atomic E-state index is -0.0453. The first-order valence-electron chi connectivity index (χ1n) is 7.63. The third-order valence-electron chi connectivity index (χ3n) is 3.71. The number of pyridine rings is 1. The molecule has 2 N–H and O–H groups in total. The predicted octanol–water partition coefficient (Wildman–Crippen LogP) is 3.46. The molecule has 0 spiro atoms. The van der Waals surface area contributed by atoms with Gasteiger partial charge in [0, 0.05) is 18.8 Å². The lowest BCUT2D eigenvalue weighted by atomic mass is 9.95. The largest absolute Gasteiger partial charge is 0.369 e. The van der Waals surface area contributed by atoms with E-state index in [0.29, 0.717) is 17.3 Å². The summed E-state index contributed by atoms with van der Waals surface area (Å²) in [5, 5.41) is 6.30. The normalized spacial score (nSPS) is 12.2. The van der Waals surface area contributed by atoms with Gasteiger partial charge in [-0.2, -0.15) is 0 Å². The molecule has 0 aromatic carbocycles. The fourth-order valence-electron chi connectivity index (χ4n) is 2.37. The number of hydrogen-bond acceptors (Lipinski definition) is 3. The van der Waals surface area contributed by atoms with Crippen molar-refractivity contribution in [2.24, 2.45) is 5.92 Å². The lowest BCUT2D eigenvalue weighted by Crippen LogP contribution is -2.38. The highest BCUT2D eigenvalue weighted by Crippen LogP contribution is 2.15. The second kappa shape index (κ2) is 8.56. The number of nitrogens with zero attached hydrogens (tertiary/aromatic N) is 1. The van der Waals surface area contributed by atoms with Gasteiger partial charge in [-0.25, -0.2) is 4.98 Å². The van der Waals surface area contributed by atoms with Gasteiger partial charge in [-0.3, -0.25) is 4.79 Å². The van der Waals surface area contributed by atoms with Gasteiger partial charge in [0.2, 0.25) is 0 Å². The molecule has 0 saturated carbocycles. The van der Waals surface area contributed by atoms with Crippen LogP contribution in [0.4, 0.5) is 5.82 Å². The Hall–Kier alpha value is -1.58. The van der Waals surface area contributed by atoms with E-state index in [-0.39, 0.29) is 11.9 Å². The van der Waals surface area contributed by atoms with Crippen molar-refractivity contribution in [1.29, 1.82) is 0 Å². The number of aromatic nitrogens is 1. The highest BCUT2D eigenvalue weighted by Gasteiger charge is 2.18. The van der Waals surface area contributed by atoms with E-state index in [2.05, 4.69) is 43.3 Å². The standard InChI is InChI=1S/C16H27N3O/c1-5-10-17-15-14(9-8-11-18-15)16(20)19-12(4)13(6-2)7-3/h8-9,11-13H,5-7,10H2,1-4H3,(H,17,18)(H,19,20). The maximum Gasteiger partial charge on any atom is 0.255 e. The van der Waals surface area contributed by atoms with Crippen molar-refractivity contribution < 1.29 is 4.79 Å². The van der Waals surface area contributed by atoms with Crippen LogP contribution in [0.2, 0.25) is 0 Å². The molecule has 1 atom stereocenters. The molecule has 0 aliphatic carbocycles. The number of carbonyl (C=O) groups is 1. The van der Waals surface area contributed by atoms with Crippen LogP contribution in [0.3, 0.4) is 0 Å². The van der Waals surface area contributed by atoms with Crippen molar-refractivity contribution in [2.75, 3.05) is 11.9 Å². The Bertz CT molecular complexity index is 416. The number of anilines is 1. The molecule has 0 saturated heterocycles. The zero-order chi connectivity index (χ0) is 15.0. The predicted molar refractivity (Wildman–Crippen MR) is 84.0 cm³/mol. The molecule has 0 bridgehead atoms. The second-order valence-electron chi connectivity index (χ2n) is 5.17. The summed E-state index contributed by atoms with van der Waals surface area (Å²) in [5.41, 5.74) is 0.624. The van der Waals surface area contributed by atoms with Crippen LogP contribution >= 0.6 is 0 Å². The lowest BCUT2D eigenvalue weighted by molar-refractivity contribution is 0.0925. The van der Waals surface area contributed by atoms with E-state index in [1.165, 1.54) is 0 Å². The SMILES string of the molecule is CCCNc1ncccc1C(=O)NC(C)C(CC)CC. The molecule has 1 aromatic heterocycles. The zero-order valence-electron chi connectivity index (χ0n) is 13.1. The van der Waals surface area contributed by atoms with Gasteiger partial charge in [-0.15, -0.1) is 0 Å². The fraction of sp³-hybridized carbons (Fsp3) is 0.625. The number of nitrogens with one attached hydrogen (secondary N) is 2. The Morgan fingerprint density at radius 1 is 1.30 bits per heavy atom. The summed E-state index contributed by atoms with van der Waals surface area (Å²) < 4.78 is 0. The van der Waals surface area contributed by atoms with Gasteiger partial charge >= 0.3 is 0 Å². The summed E-state index contributed by atoms with van der Waals surface area (Å²) in [6.07, 6.45) is 4.86. The van der Waals surface area contributed by atoms with E-state index >= 15 is 0 Å². The topological polar surface area (TPSA) is 54.0 Å². The van der Waals surface area contributed by atoms with Crippen molar-refractivity contribution in [1.82, 2.24) is 10.3 Å². The first-order chi connectivity index (χ1) is 9.63. The Morgan fingerprint density at radius 2 is 2.00 bits per heavy atom. The van der Waals surface area contributed by atoms with Crippen LogP contribution in [-0.2, 0) is 0 Å². The average molecular weight is 277 g/mol. The van der Waals surface area contributed by atoms with Gasteiger partial charge in [-0.05, 0) is 31.4 Å². The molecule has 1 heterocycles. The van der Waals surface area contributed by atoms with Gasteiger partial charge < -0.3 is 10.6 Å². The number of carbonyl (C=O) groups excluding carboxylic acids is 1. The highest BCUT2D eigenvalue weighted by atomic mass is 16.1. The maximum atomic E-state index is 12.4. The molecular weight excluding hydrogens is 250 g/mol. The lowest BCUT2D eigenvalue weighted by Gasteiger charge is -2.23. The van der Waals surface area contributed by atoms with Crippen LogP contribution in [0.25, 0.3) is 0 Å². The van der Waals surface area contributed by atoms with Gasteiger partial charge in [0.1, 0.15) is 5.82 Å². The van der Waals surface area contributed by atoms with Crippen molar-refractivity contribution in [3.8, 4) is 0 Å². The van der Waals surface area contributed by atoms with Crippen LogP contribution in [0.1, 0.15) is 57.3 Å². The first kappa shape index (κ1) is 16.5. The monoisotopic (exact) mass is 277 g/mol. The molecule has 1 rings (SSSR count). The summed E-state index contributed by atoms with van der Waals surface area (Å²) in [4.78, 5) is 16.6. The Kier molecular flexibility index (Phi) is 7.05. The average Bonchev–Trinajstić information content (AvgIpc) is 2.46. The first-order valence-corrected chi connectivity index (χ1v) is 7.63. The van der Waals surface area contributed by atoms with Crippen LogP contribution in [-0.4, -0.2) is 23.5 Å². The maximum absolute atomic E-state index is 12.4. The van der Waals surface area contributed by atoms with Gasteiger partial charge in [-0.1, -0.05) is 33.6 Å². The minimum absolute atomic E-state index is 0.0453. The molecule has 0 radical (unpaired) electrons. The van der Waals surface area contributed by atoms with E-state index in [1.807, 2.05) is 6.07 Å². The molecule has 0 aliphatic rings. The van der Waals surface area contributed by atoms with Crippen molar-refractivity contribution in [3.63, 3.8) is 0 Å². The van der Waals surface area contributed by atoms with Crippen LogP contribution in [0.5, 0.6) is 0 Å². The van der Waals surface area contributed by atoms with Crippen LogP contribution in [0.15, 0.2) is 18.3 Å². The summed E-state index contributed by atoms with van der Waals surface area (Å²) in [6, 6.07) is 3.80.